The van der Waals surface area contributed by atoms with Gasteiger partial charge >= 0.3 is 0 Å². The summed E-state index contributed by atoms with van der Waals surface area (Å²) in [5, 5.41) is 2.83. The van der Waals surface area contributed by atoms with Crippen LogP contribution in [-0.4, -0.2) is 23.9 Å². The van der Waals surface area contributed by atoms with Gasteiger partial charge in [0.15, 0.2) is 0 Å². The van der Waals surface area contributed by atoms with Gasteiger partial charge in [0.1, 0.15) is 0 Å². The van der Waals surface area contributed by atoms with E-state index in [0.29, 0.717) is 19.4 Å². The van der Waals surface area contributed by atoms with Crippen LogP contribution in [0.5, 0.6) is 0 Å². The Labute approximate surface area is 88.1 Å². The van der Waals surface area contributed by atoms with Gasteiger partial charge in [-0.1, -0.05) is 12.1 Å². The SMILES string of the molecule is Cc1cccc(N2CCC(=O)N2C=O)c1. The van der Waals surface area contributed by atoms with Gasteiger partial charge in [0.25, 0.3) is 0 Å². The van der Waals surface area contributed by atoms with E-state index in [4.69, 9.17) is 0 Å². The number of anilines is 1. The molecular weight excluding hydrogens is 192 g/mol. The molecule has 1 saturated heterocycles. The molecule has 1 heterocycles. The zero-order chi connectivity index (χ0) is 10.8. The van der Waals surface area contributed by atoms with Gasteiger partial charge < -0.3 is 0 Å². The van der Waals surface area contributed by atoms with Crippen LogP contribution < -0.4 is 5.01 Å². The van der Waals surface area contributed by atoms with Crippen LogP contribution in [0.2, 0.25) is 0 Å². The Morgan fingerprint density at radius 3 is 2.87 bits per heavy atom. The highest BCUT2D eigenvalue weighted by atomic mass is 16.2. The third-order valence-corrected chi connectivity index (χ3v) is 2.45. The van der Waals surface area contributed by atoms with Crippen LogP contribution >= 0.6 is 0 Å². The molecule has 1 aliphatic rings. The third-order valence-electron chi connectivity index (χ3n) is 2.45. The van der Waals surface area contributed by atoms with Crippen molar-refractivity contribution in [3.63, 3.8) is 0 Å². The largest absolute Gasteiger partial charge is 0.276 e. The number of carbonyl (C=O) groups excluding carboxylic acids is 2. The van der Waals surface area contributed by atoms with Crippen LogP contribution in [0.1, 0.15) is 12.0 Å². The van der Waals surface area contributed by atoms with Crippen molar-refractivity contribution in [1.29, 1.82) is 0 Å². The van der Waals surface area contributed by atoms with Gasteiger partial charge in [0, 0.05) is 13.0 Å². The second-order valence-corrected chi connectivity index (χ2v) is 3.56. The molecule has 4 heteroatoms. The maximum atomic E-state index is 11.3. The molecule has 0 bridgehead atoms. The van der Waals surface area contributed by atoms with E-state index in [9.17, 15) is 9.59 Å². The van der Waals surface area contributed by atoms with E-state index >= 15 is 0 Å². The van der Waals surface area contributed by atoms with Crippen LogP contribution in [0.15, 0.2) is 24.3 Å². The Balaban J connectivity index is 2.31. The lowest BCUT2D eigenvalue weighted by Gasteiger charge is -2.24. The van der Waals surface area contributed by atoms with Gasteiger partial charge in [-0.05, 0) is 24.6 Å². The second-order valence-electron chi connectivity index (χ2n) is 3.56. The summed E-state index contributed by atoms with van der Waals surface area (Å²) in [5.74, 6) is -0.147. The van der Waals surface area contributed by atoms with Crippen LogP contribution in [-0.2, 0) is 9.59 Å². The number of rotatable bonds is 2. The van der Waals surface area contributed by atoms with Crippen molar-refractivity contribution in [2.24, 2.45) is 0 Å². The van der Waals surface area contributed by atoms with Crippen molar-refractivity contribution >= 4 is 18.0 Å². The Kier molecular flexibility index (Phi) is 2.41. The Hall–Kier alpha value is -1.84. The highest BCUT2D eigenvalue weighted by Gasteiger charge is 2.28. The smallest absolute Gasteiger partial charge is 0.249 e. The topological polar surface area (TPSA) is 40.6 Å². The van der Waals surface area contributed by atoms with Crippen molar-refractivity contribution in [3.05, 3.63) is 29.8 Å². The Morgan fingerprint density at radius 2 is 2.20 bits per heavy atom. The lowest BCUT2D eigenvalue weighted by molar-refractivity contribution is -0.135. The summed E-state index contributed by atoms with van der Waals surface area (Å²) in [4.78, 5) is 22.1. The first kappa shape index (κ1) is 9.71. The molecule has 0 spiro atoms. The van der Waals surface area contributed by atoms with E-state index in [1.165, 1.54) is 0 Å². The molecule has 15 heavy (non-hydrogen) atoms. The van der Waals surface area contributed by atoms with Crippen molar-refractivity contribution in [2.75, 3.05) is 11.6 Å². The predicted molar refractivity (Wildman–Crippen MR) is 56.1 cm³/mol. The molecule has 4 nitrogen and oxygen atoms in total. The average Bonchev–Trinajstić information content (AvgIpc) is 2.59. The van der Waals surface area contributed by atoms with E-state index in [2.05, 4.69) is 0 Å². The molecule has 0 atom stereocenters. The number of hydrazine groups is 1. The van der Waals surface area contributed by atoms with Crippen LogP contribution in [0.4, 0.5) is 5.69 Å². The van der Waals surface area contributed by atoms with Gasteiger partial charge in [0.2, 0.25) is 12.3 Å². The number of nitrogens with zero attached hydrogens (tertiary/aromatic N) is 2. The minimum atomic E-state index is -0.147. The molecule has 2 amide bonds. The zero-order valence-corrected chi connectivity index (χ0v) is 8.51. The molecule has 78 valence electrons. The van der Waals surface area contributed by atoms with Crippen molar-refractivity contribution in [3.8, 4) is 0 Å². The lowest BCUT2D eigenvalue weighted by atomic mass is 10.2. The molecule has 0 unspecified atom stereocenters. The summed E-state index contributed by atoms with van der Waals surface area (Å²) in [6.45, 7) is 2.55. The van der Waals surface area contributed by atoms with Crippen LogP contribution in [0.25, 0.3) is 0 Å². The van der Waals surface area contributed by atoms with E-state index in [0.717, 1.165) is 16.3 Å². The number of amides is 2. The fraction of sp³-hybridized carbons (Fsp3) is 0.273. The number of hydrogen-bond donors (Lipinski definition) is 0. The Morgan fingerprint density at radius 1 is 1.40 bits per heavy atom. The molecule has 0 N–H and O–H groups in total. The maximum Gasteiger partial charge on any atom is 0.249 e. The molecule has 1 fully saturated rings. The normalized spacial score (nSPS) is 15.9. The zero-order valence-electron chi connectivity index (χ0n) is 8.51. The van der Waals surface area contributed by atoms with Gasteiger partial charge in [-0.2, -0.15) is 5.01 Å². The molecule has 0 radical (unpaired) electrons. The summed E-state index contributed by atoms with van der Waals surface area (Å²) in [6.07, 6.45) is 0.963. The molecule has 0 aromatic heterocycles. The van der Waals surface area contributed by atoms with Gasteiger partial charge in [0.05, 0.1) is 5.69 Å². The first-order chi connectivity index (χ1) is 7.22. The number of benzene rings is 1. The monoisotopic (exact) mass is 204 g/mol. The summed E-state index contributed by atoms with van der Waals surface area (Å²) < 4.78 is 0. The lowest BCUT2D eigenvalue weighted by Crippen LogP contribution is -2.37. The maximum absolute atomic E-state index is 11.3. The fourth-order valence-corrected chi connectivity index (χ4v) is 1.72. The molecule has 0 aliphatic carbocycles. The van der Waals surface area contributed by atoms with Gasteiger partial charge in [-0.15, -0.1) is 0 Å². The highest BCUT2D eigenvalue weighted by molar-refractivity contribution is 5.91. The molecule has 1 aliphatic heterocycles. The van der Waals surface area contributed by atoms with E-state index < -0.39 is 0 Å². The number of carbonyl (C=O) groups is 2. The molecular formula is C11H12N2O2. The van der Waals surface area contributed by atoms with E-state index in [-0.39, 0.29) is 5.91 Å². The summed E-state index contributed by atoms with van der Waals surface area (Å²) >= 11 is 0. The summed E-state index contributed by atoms with van der Waals surface area (Å²) in [6, 6.07) is 7.74. The average molecular weight is 204 g/mol. The fourth-order valence-electron chi connectivity index (χ4n) is 1.72. The molecule has 1 aromatic rings. The second kappa shape index (κ2) is 3.73. The summed E-state index contributed by atoms with van der Waals surface area (Å²) in [5.41, 5.74) is 1.99. The van der Waals surface area contributed by atoms with Gasteiger partial charge in [-0.3, -0.25) is 14.6 Å². The molecule has 2 rings (SSSR count). The minimum absolute atomic E-state index is 0.147. The number of aryl methyl sites for hydroxylation is 1. The van der Waals surface area contributed by atoms with E-state index in [1.54, 1.807) is 5.01 Å². The third kappa shape index (κ3) is 1.70. The Bertz CT molecular complexity index is 403. The van der Waals surface area contributed by atoms with Gasteiger partial charge in [-0.25, -0.2) is 0 Å². The quantitative estimate of drug-likeness (QED) is 0.677. The standard InChI is InChI=1S/C11H12N2O2/c1-9-3-2-4-10(7-9)12-6-5-11(15)13(12)8-14/h2-4,7-8H,5-6H2,1H3. The van der Waals surface area contributed by atoms with Crippen molar-refractivity contribution in [2.45, 2.75) is 13.3 Å². The van der Waals surface area contributed by atoms with Crippen molar-refractivity contribution in [1.82, 2.24) is 5.01 Å². The van der Waals surface area contributed by atoms with Crippen LogP contribution in [0, 0.1) is 6.92 Å². The number of imide groups is 1. The van der Waals surface area contributed by atoms with E-state index in [1.807, 2.05) is 31.2 Å². The summed E-state index contributed by atoms with van der Waals surface area (Å²) in [7, 11) is 0. The van der Waals surface area contributed by atoms with Crippen LogP contribution in [0.3, 0.4) is 0 Å². The molecule has 0 saturated carbocycles. The minimum Gasteiger partial charge on any atom is -0.276 e. The highest BCUT2D eigenvalue weighted by Crippen LogP contribution is 2.21. The predicted octanol–water partition coefficient (Wildman–Crippen LogP) is 1.11. The molecule has 1 aromatic carbocycles. The first-order valence-corrected chi connectivity index (χ1v) is 4.84. The van der Waals surface area contributed by atoms with Crippen molar-refractivity contribution < 1.29 is 9.59 Å². The first-order valence-electron chi connectivity index (χ1n) is 4.84. The number of hydrogen-bond acceptors (Lipinski definition) is 3.